The largest absolute Gasteiger partial charge is 0.493 e. The van der Waals surface area contributed by atoms with Gasteiger partial charge in [-0.2, -0.15) is 0 Å². The van der Waals surface area contributed by atoms with Crippen molar-refractivity contribution < 1.29 is 18.7 Å². The van der Waals surface area contributed by atoms with Crippen LogP contribution in [0.4, 0.5) is 5.69 Å². The normalized spacial score (nSPS) is 14.0. The van der Waals surface area contributed by atoms with Crippen molar-refractivity contribution in [3.8, 4) is 17.2 Å². The molecule has 2 N–H and O–H groups in total. The summed E-state index contributed by atoms with van der Waals surface area (Å²) in [5, 5.41) is 4.92. The van der Waals surface area contributed by atoms with E-state index >= 15 is 0 Å². The number of anilines is 1. The molecule has 0 aliphatic carbocycles. The van der Waals surface area contributed by atoms with Crippen LogP contribution in [0.5, 0.6) is 17.2 Å². The summed E-state index contributed by atoms with van der Waals surface area (Å²) < 4.78 is 21.3. The number of ether oxygens (including phenoxy) is 3. The van der Waals surface area contributed by atoms with Gasteiger partial charge in [0.25, 0.3) is 0 Å². The minimum absolute atomic E-state index is 0.167. The summed E-state index contributed by atoms with van der Waals surface area (Å²) in [6, 6.07) is 32.1. The van der Waals surface area contributed by atoms with Gasteiger partial charge in [-0.25, -0.2) is 0 Å². The summed E-state index contributed by atoms with van der Waals surface area (Å²) in [6.07, 6.45) is 1.88. The molecule has 51 heavy (non-hydrogen) atoms. The van der Waals surface area contributed by atoms with Gasteiger partial charge in [-0.1, -0.05) is 128 Å². The van der Waals surface area contributed by atoms with Gasteiger partial charge in [0.15, 0.2) is 5.58 Å². The molecule has 0 bridgehead atoms. The molecule has 3 aliphatic rings. The van der Waals surface area contributed by atoms with Crippen LogP contribution in [0.2, 0.25) is 0 Å². The van der Waals surface area contributed by atoms with Gasteiger partial charge in [0.05, 0.1) is 31.1 Å². The number of nitrogens with zero attached hydrogens (tertiary/aromatic N) is 2. The number of benzene rings is 4. The second kappa shape index (κ2) is 26.1. The number of likely N-dealkylation sites (N-methyl/N-ethyl adjacent to an activating group) is 1. The van der Waals surface area contributed by atoms with E-state index in [9.17, 15) is 0 Å². The van der Waals surface area contributed by atoms with Gasteiger partial charge in [0.1, 0.15) is 23.9 Å². The number of hydrogen-bond acceptors (Lipinski definition) is 7. The minimum Gasteiger partial charge on any atom is -0.493 e. The smallest absolute Gasteiger partial charge is 0.167 e. The molecule has 7 heteroatoms. The van der Waals surface area contributed by atoms with E-state index in [2.05, 4.69) is 35.8 Å². The molecule has 278 valence electrons. The van der Waals surface area contributed by atoms with Crippen LogP contribution in [-0.4, -0.2) is 38.6 Å². The topological polar surface area (TPSA) is 83.0 Å². The molecule has 1 aromatic heterocycles. The molecular weight excluding hydrogens is 635 g/mol. The maximum Gasteiger partial charge on any atom is 0.167 e. The molecule has 0 radical (unpaired) electrons. The predicted octanol–water partition coefficient (Wildman–Crippen LogP) is 11.7. The zero-order chi connectivity index (χ0) is 38.0. The van der Waals surface area contributed by atoms with E-state index in [1.54, 1.807) is 0 Å². The molecule has 8 rings (SSSR count). The first kappa shape index (κ1) is 44.3. The number of hydrogen-bond donors (Lipinski definition) is 1. The third kappa shape index (κ3) is 13.8. The zero-order valence-electron chi connectivity index (χ0n) is 32.9. The first-order valence-electron chi connectivity index (χ1n) is 18.6. The average Bonchev–Trinajstić information content (AvgIpc) is 3.60. The van der Waals surface area contributed by atoms with Crippen LogP contribution in [0.25, 0.3) is 16.5 Å². The van der Waals surface area contributed by atoms with Crippen LogP contribution < -0.4 is 24.8 Å². The molecule has 0 spiro atoms. The summed E-state index contributed by atoms with van der Waals surface area (Å²) in [7, 11) is 2.08. The fourth-order valence-corrected chi connectivity index (χ4v) is 4.99. The lowest BCUT2D eigenvalue weighted by Gasteiger charge is -2.27. The second-order valence-corrected chi connectivity index (χ2v) is 10.5. The van der Waals surface area contributed by atoms with E-state index in [-0.39, 0.29) is 6.04 Å². The van der Waals surface area contributed by atoms with Crippen molar-refractivity contribution in [3.05, 3.63) is 120 Å². The van der Waals surface area contributed by atoms with Crippen molar-refractivity contribution in [1.29, 1.82) is 0 Å². The van der Waals surface area contributed by atoms with Gasteiger partial charge in [-0.3, -0.25) is 0 Å². The molecule has 0 fully saturated rings. The van der Waals surface area contributed by atoms with Crippen molar-refractivity contribution in [2.24, 2.45) is 5.73 Å². The number of aromatic nitrogens is 1. The van der Waals surface area contributed by atoms with Gasteiger partial charge >= 0.3 is 0 Å². The van der Waals surface area contributed by atoms with Crippen molar-refractivity contribution in [3.63, 3.8) is 0 Å². The fourth-order valence-electron chi connectivity index (χ4n) is 4.99. The Balaban J connectivity index is 0.000000319. The highest BCUT2D eigenvalue weighted by Crippen LogP contribution is 2.31. The Morgan fingerprint density at radius 3 is 1.86 bits per heavy atom. The number of para-hydroxylation sites is 5. The van der Waals surface area contributed by atoms with E-state index in [1.807, 2.05) is 147 Å². The lowest BCUT2D eigenvalue weighted by Crippen LogP contribution is -2.28. The van der Waals surface area contributed by atoms with Gasteiger partial charge in [-0.15, -0.1) is 0 Å². The number of fused-ring (bicyclic) bond motifs is 4. The van der Waals surface area contributed by atoms with E-state index in [0.29, 0.717) is 0 Å². The van der Waals surface area contributed by atoms with Gasteiger partial charge in [-0.05, 0) is 48.9 Å². The van der Waals surface area contributed by atoms with Crippen LogP contribution in [0.15, 0.2) is 108 Å². The molecule has 0 saturated carbocycles. The number of nitrogens with two attached hydrogens (primary N) is 1. The average molecular weight is 698 g/mol. The molecule has 5 aromatic rings. The van der Waals surface area contributed by atoms with E-state index in [1.165, 1.54) is 16.8 Å². The molecular formula is C44H63N3O4. The summed E-state index contributed by atoms with van der Waals surface area (Å²) in [4.78, 5) is 2.21. The Hall–Kier alpha value is -4.75. The van der Waals surface area contributed by atoms with E-state index in [0.717, 1.165) is 78.7 Å². The number of rotatable bonds is 0. The Kier molecular flexibility index (Phi) is 22.7. The third-order valence-corrected chi connectivity index (χ3v) is 7.45. The summed E-state index contributed by atoms with van der Waals surface area (Å²) in [5.41, 5.74) is 12.4. The lowest BCUT2D eigenvalue weighted by atomic mass is 10.0. The molecule has 0 saturated heterocycles. The fraction of sp³-hybridized carbons (Fsp3) is 0.386. The highest BCUT2D eigenvalue weighted by atomic mass is 16.5. The van der Waals surface area contributed by atoms with Crippen molar-refractivity contribution in [1.82, 2.24) is 5.16 Å². The summed E-state index contributed by atoms with van der Waals surface area (Å²) in [6.45, 7) is 25.2. The van der Waals surface area contributed by atoms with Crippen LogP contribution in [0, 0.1) is 6.92 Å². The Morgan fingerprint density at radius 1 is 0.667 bits per heavy atom. The van der Waals surface area contributed by atoms with Crippen LogP contribution in [0.3, 0.4) is 0 Å². The second-order valence-electron chi connectivity index (χ2n) is 10.5. The zero-order valence-corrected chi connectivity index (χ0v) is 32.9. The van der Waals surface area contributed by atoms with Crippen LogP contribution in [-0.2, 0) is 0 Å². The quantitative estimate of drug-likeness (QED) is 0.172. The molecule has 0 amide bonds. The molecule has 3 aliphatic heterocycles. The first-order valence-corrected chi connectivity index (χ1v) is 18.6. The van der Waals surface area contributed by atoms with Crippen molar-refractivity contribution in [2.75, 3.05) is 38.3 Å². The molecule has 1 atom stereocenters. The van der Waals surface area contributed by atoms with Gasteiger partial charge in [0, 0.05) is 42.4 Å². The Morgan fingerprint density at radius 2 is 1.22 bits per heavy atom. The Bertz CT molecular complexity index is 1590. The monoisotopic (exact) mass is 697 g/mol. The van der Waals surface area contributed by atoms with Crippen LogP contribution >= 0.6 is 0 Å². The van der Waals surface area contributed by atoms with Gasteiger partial charge in [0.2, 0.25) is 0 Å². The third-order valence-electron chi connectivity index (χ3n) is 7.45. The van der Waals surface area contributed by atoms with E-state index < -0.39 is 0 Å². The SMILES string of the molecule is C=C1CCOc2ccccc21.CC.CC.CC.CC.CN1CCOc2ccccc21.Cc1noc2ccccc12.NC1CCOc2ccccc21. The van der Waals surface area contributed by atoms with Crippen molar-refractivity contribution >= 4 is 22.2 Å². The minimum atomic E-state index is 0.167. The summed E-state index contributed by atoms with van der Waals surface area (Å²) in [5.74, 6) is 2.93. The number of aryl methyl sites for hydroxylation is 1. The maximum atomic E-state index is 5.87. The molecule has 4 heterocycles. The highest BCUT2D eigenvalue weighted by molar-refractivity contribution is 5.78. The van der Waals surface area contributed by atoms with Crippen LogP contribution in [0.1, 0.15) is 91.1 Å². The van der Waals surface area contributed by atoms with Gasteiger partial charge < -0.3 is 29.4 Å². The molecule has 1 unspecified atom stereocenters. The first-order chi connectivity index (χ1) is 25.0. The standard InChI is InChI=1S/C10H10O.2C9H11NO.C8H7NO.4C2H6/c1-8-6-7-11-10-5-3-2-4-9(8)10;1-10-6-7-11-9-5-3-2-4-8(9)10;10-8-5-6-11-9-4-2-1-3-7(8)9;1-6-7-4-2-3-5-8(7)10-9-6;4*1-2/h2-5H,1,6-7H2;2-5H,6-7H2,1H3;1-4,8H,5-6,10H2;2-5H,1H3;4*1-2H3. The Labute approximate surface area is 308 Å². The molecule has 7 nitrogen and oxygen atoms in total. The van der Waals surface area contributed by atoms with Crippen molar-refractivity contribution in [2.45, 2.75) is 81.2 Å². The highest BCUT2D eigenvalue weighted by Gasteiger charge is 2.16. The summed E-state index contributed by atoms with van der Waals surface area (Å²) >= 11 is 0. The molecule has 4 aromatic carbocycles. The predicted molar refractivity (Wildman–Crippen MR) is 218 cm³/mol. The van der Waals surface area contributed by atoms with E-state index in [4.69, 9.17) is 24.5 Å². The maximum absolute atomic E-state index is 5.87. The lowest BCUT2D eigenvalue weighted by molar-refractivity contribution is 0.269.